The van der Waals surface area contributed by atoms with E-state index >= 15 is 0 Å². The van der Waals surface area contributed by atoms with Crippen molar-refractivity contribution in [3.8, 4) is 0 Å². The number of benzene rings is 1. The van der Waals surface area contributed by atoms with Gasteiger partial charge in [-0.25, -0.2) is 4.79 Å². The minimum atomic E-state index is -1.03. The number of carbonyl (C=O) groups excluding carboxylic acids is 1. The Hall–Kier alpha value is -1.15. The zero-order valence-electron chi connectivity index (χ0n) is 9.36. The van der Waals surface area contributed by atoms with Gasteiger partial charge in [-0.15, -0.1) is 0 Å². The molecule has 0 heterocycles. The maximum atomic E-state index is 11.5. The number of nitrogens with one attached hydrogen (secondary N) is 1. The molecule has 0 radical (unpaired) electrons. The zero-order valence-corrected chi connectivity index (χ0v) is 11.5. The SMILES string of the molecule is COC(C)C(=O)Nc1cc(I)cc(C(=O)O)c1. The minimum Gasteiger partial charge on any atom is -0.478 e. The number of carbonyl (C=O) groups is 2. The number of aromatic carboxylic acids is 1. The van der Waals surface area contributed by atoms with Crippen LogP contribution in [0.25, 0.3) is 0 Å². The molecular weight excluding hydrogens is 337 g/mol. The van der Waals surface area contributed by atoms with E-state index in [1.54, 1.807) is 13.0 Å². The lowest BCUT2D eigenvalue weighted by Gasteiger charge is -2.11. The standard InChI is InChI=1S/C11H12INO4/c1-6(17-2)10(14)13-9-4-7(11(15)16)3-8(12)5-9/h3-6H,1-2H3,(H,13,14)(H,15,16). The van der Waals surface area contributed by atoms with Crippen LogP contribution in [0.15, 0.2) is 18.2 Å². The van der Waals surface area contributed by atoms with Crippen molar-refractivity contribution in [2.45, 2.75) is 13.0 Å². The van der Waals surface area contributed by atoms with E-state index in [4.69, 9.17) is 9.84 Å². The monoisotopic (exact) mass is 349 g/mol. The molecule has 0 saturated heterocycles. The van der Waals surface area contributed by atoms with Gasteiger partial charge < -0.3 is 15.2 Å². The molecule has 1 atom stereocenters. The molecule has 17 heavy (non-hydrogen) atoms. The third-order valence-corrected chi connectivity index (χ3v) is 2.76. The summed E-state index contributed by atoms with van der Waals surface area (Å²) in [6, 6.07) is 4.62. The number of amides is 1. The first-order valence-corrected chi connectivity index (χ1v) is 5.89. The third-order valence-electron chi connectivity index (χ3n) is 2.14. The average molecular weight is 349 g/mol. The van der Waals surface area contributed by atoms with E-state index in [0.717, 1.165) is 3.57 Å². The molecule has 0 aromatic heterocycles. The van der Waals surface area contributed by atoms with Gasteiger partial charge in [0.2, 0.25) is 0 Å². The number of methoxy groups -OCH3 is 1. The molecule has 1 amide bonds. The topological polar surface area (TPSA) is 75.6 Å². The van der Waals surface area contributed by atoms with Gasteiger partial charge in [0.15, 0.2) is 0 Å². The molecule has 1 aromatic carbocycles. The summed E-state index contributed by atoms with van der Waals surface area (Å²) in [6.45, 7) is 1.61. The second-order valence-electron chi connectivity index (χ2n) is 3.40. The summed E-state index contributed by atoms with van der Waals surface area (Å²) in [7, 11) is 1.43. The van der Waals surface area contributed by atoms with E-state index in [0.29, 0.717) is 5.69 Å². The van der Waals surface area contributed by atoms with E-state index in [9.17, 15) is 9.59 Å². The van der Waals surface area contributed by atoms with Crippen molar-refractivity contribution in [3.63, 3.8) is 0 Å². The van der Waals surface area contributed by atoms with Crippen molar-refractivity contribution in [1.29, 1.82) is 0 Å². The number of halogens is 1. The number of anilines is 1. The Morgan fingerprint density at radius 1 is 1.41 bits per heavy atom. The molecule has 5 nitrogen and oxygen atoms in total. The summed E-state index contributed by atoms with van der Waals surface area (Å²) < 4.78 is 5.60. The summed E-state index contributed by atoms with van der Waals surface area (Å²) in [5, 5.41) is 11.5. The summed E-state index contributed by atoms with van der Waals surface area (Å²) >= 11 is 1.99. The van der Waals surface area contributed by atoms with Crippen molar-refractivity contribution >= 4 is 40.2 Å². The van der Waals surface area contributed by atoms with Gasteiger partial charge >= 0.3 is 5.97 Å². The molecule has 0 saturated carbocycles. The molecule has 1 unspecified atom stereocenters. The summed E-state index contributed by atoms with van der Waals surface area (Å²) in [4.78, 5) is 22.4. The number of hydrogen-bond donors (Lipinski definition) is 2. The smallest absolute Gasteiger partial charge is 0.335 e. The quantitative estimate of drug-likeness (QED) is 0.815. The molecule has 0 spiro atoms. The van der Waals surface area contributed by atoms with Crippen LogP contribution in [0.5, 0.6) is 0 Å². The fraction of sp³-hybridized carbons (Fsp3) is 0.273. The minimum absolute atomic E-state index is 0.136. The third kappa shape index (κ3) is 3.97. The molecule has 6 heteroatoms. The summed E-state index contributed by atoms with van der Waals surface area (Å²) in [5.74, 6) is -1.34. The summed E-state index contributed by atoms with van der Waals surface area (Å²) in [6.07, 6.45) is -0.582. The predicted molar refractivity (Wildman–Crippen MR) is 71.2 cm³/mol. The lowest BCUT2D eigenvalue weighted by atomic mass is 10.2. The summed E-state index contributed by atoms with van der Waals surface area (Å²) in [5.41, 5.74) is 0.584. The van der Waals surface area contributed by atoms with Crippen LogP contribution in [-0.2, 0) is 9.53 Å². The zero-order chi connectivity index (χ0) is 13.0. The fourth-order valence-electron chi connectivity index (χ4n) is 1.14. The van der Waals surface area contributed by atoms with Crippen LogP contribution >= 0.6 is 22.6 Å². The maximum absolute atomic E-state index is 11.5. The van der Waals surface area contributed by atoms with E-state index < -0.39 is 12.1 Å². The Labute approximate surface area is 112 Å². The largest absolute Gasteiger partial charge is 0.478 e. The first-order chi connectivity index (χ1) is 7.93. The van der Waals surface area contributed by atoms with Gasteiger partial charge in [0.05, 0.1) is 5.56 Å². The second kappa shape index (κ2) is 5.97. The Balaban J connectivity index is 2.92. The fourth-order valence-corrected chi connectivity index (χ4v) is 1.81. The maximum Gasteiger partial charge on any atom is 0.335 e. The normalized spacial score (nSPS) is 11.9. The highest BCUT2D eigenvalue weighted by Gasteiger charge is 2.13. The van der Waals surface area contributed by atoms with Gasteiger partial charge in [0.1, 0.15) is 6.10 Å². The van der Waals surface area contributed by atoms with Gasteiger partial charge in [-0.3, -0.25) is 4.79 Å². The van der Waals surface area contributed by atoms with E-state index in [-0.39, 0.29) is 11.5 Å². The van der Waals surface area contributed by atoms with Crippen LogP contribution in [0.3, 0.4) is 0 Å². The lowest BCUT2D eigenvalue weighted by molar-refractivity contribution is -0.124. The lowest BCUT2D eigenvalue weighted by Crippen LogP contribution is -2.26. The predicted octanol–water partition coefficient (Wildman–Crippen LogP) is 1.96. The molecule has 1 rings (SSSR count). The van der Waals surface area contributed by atoms with Crippen molar-refractivity contribution in [3.05, 3.63) is 27.3 Å². The van der Waals surface area contributed by atoms with Crippen molar-refractivity contribution in [2.24, 2.45) is 0 Å². The van der Waals surface area contributed by atoms with E-state index in [2.05, 4.69) is 5.32 Å². The Bertz CT molecular complexity index is 447. The number of ether oxygens (including phenoxy) is 1. The van der Waals surface area contributed by atoms with Crippen LogP contribution in [0, 0.1) is 3.57 Å². The van der Waals surface area contributed by atoms with Crippen LogP contribution < -0.4 is 5.32 Å². The number of carboxylic acids is 1. The number of hydrogen-bond acceptors (Lipinski definition) is 3. The van der Waals surface area contributed by atoms with E-state index in [1.807, 2.05) is 22.6 Å². The molecule has 0 bridgehead atoms. The Morgan fingerprint density at radius 3 is 2.59 bits per heavy atom. The van der Waals surface area contributed by atoms with Crippen LogP contribution in [0.2, 0.25) is 0 Å². The van der Waals surface area contributed by atoms with Gasteiger partial charge in [-0.1, -0.05) is 0 Å². The van der Waals surface area contributed by atoms with E-state index in [1.165, 1.54) is 19.2 Å². The highest BCUT2D eigenvalue weighted by atomic mass is 127. The van der Waals surface area contributed by atoms with Gasteiger partial charge in [-0.2, -0.15) is 0 Å². The molecule has 92 valence electrons. The first-order valence-electron chi connectivity index (χ1n) is 4.81. The van der Waals surface area contributed by atoms with Crippen molar-refractivity contribution < 1.29 is 19.4 Å². The highest BCUT2D eigenvalue weighted by Crippen LogP contribution is 2.17. The van der Waals surface area contributed by atoms with Crippen molar-refractivity contribution in [1.82, 2.24) is 0 Å². The number of carboxylic acid groups (broad SMARTS) is 1. The van der Waals surface area contributed by atoms with Gasteiger partial charge in [0.25, 0.3) is 5.91 Å². The van der Waals surface area contributed by atoms with Crippen LogP contribution in [-0.4, -0.2) is 30.2 Å². The molecular formula is C11H12INO4. The second-order valence-corrected chi connectivity index (χ2v) is 4.65. The average Bonchev–Trinajstić information content (AvgIpc) is 2.26. The van der Waals surface area contributed by atoms with Gasteiger partial charge in [-0.05, 0) is 47.7 Å². The molecule has 2 N–H and O–H groups in total. The Kier molecular flexibility index (Phi) is 4.88. The molecule has 0 fully saturated rings. The van der Waals surface area contributed by atoms with Crippen molar-refractivity contribution in [2.75, 3.05) is 12.4 Å². The highest BCUT2D eigenvalue weighted by molar-refractivity contribution is 14.1. The van der Waals surface area contributed by atoms with Crippen LogP contribution in [0.4, 0.5) is 5.69 Å². The van der Waals surface area contributed by atoms with Crippen LogP contribution in [0.1, 0.15) is 17.3 Å². The number of rotatable bonds is 4. The Morgan fingerprint density at radius 2 is 2.06 bits per heavy atom. The van der Waals surface area contributed by atoms with Gasteiger partial charge in [0, 0.05) is 16.4 Å². The molecule has 0 aliphatic rings. The molecule has 0 aliphatic heterocycles. The first kappa shape index (κ1) is 13.9. The molecule has 1 aromatic rings. The molecule has 0 aliphatic carbocycles.